The number of benzene rings is 3. The predicted octanol–water partition coefficient (Wildman–Crippen LogP) is 5.73. The molecule has 1 aromatic heterocycles. The van der Waals surface area contributed by atoms with Gasteiger partial charge in [-0.3, -0.25) is 0 Å². The molecule has 0 saturated heterocycles. The van der Waals surface area contributed by atoms with Crippen molar-refractivity contribution in [2.45, 2.75) is 18.4 Å². The van der Waals surface area contributed by atoms with E-state index in [9.17, 15) is 5.11 Å². The van der Waals surface area contributed by atoms with E-state index in [4.69, 9.17) is 0 Å². The third-order valence-corrected chi connectivity index (χ3v) is 5.27. The Hall–Kier alpha value is -3.59. The first kappa shape index (κ1) is 18.8. The van der Waals surface area contributed by atoms with Crippen LogP contribution in [0, 0.1) is 0 Å². The Balaban J connectivity index is 1.97. The Kier molecular flexibility index (Phi) is 5.30. The van der Waals surface area contributed by atoms with E-state index in [1.165, 1.54) is 0 Å². The van der Waals surface area contributed by atoms with Gasteiger partial charge in [-0.2, -0.15) is 0 Å². The molecule has 0 unspecified atom stereocenters. The molecule has 3 nitrogen and oxygen atoms in total. The standard InChI is InChI=1S/C26H24N2O/c1-21(29)17-18-25-19-28(20-27-25)26(22-11-5-2-6-12-22,23-13-7-3-8-14-23)24-15-9-4-10-16-24/h2-16,19-20,29H,1,17-18H2. The van der Waals surface area contributed by atoms with Gasteiger partial charge in [-0.25, -0.2) is 4.98 Å². The molecule has 0 amide bonds. The van der Waals surface area contributed by atoms with Crippen LogP contribution in [0.1, 0.15) is 28.8 Å². The zero-order chi connectivity index (χ0) is 20.1. The molecule has 29 heavy (non-hydrogen) atoms. The van der Waals surface area contributed by atoms with Gasteiger partial charge in [-0.1, -0.05) is 97.6 Å². The van der Waals surface area contributed by atoms with Crippen LogP contribution in [0.4, 0.5) is 0 Å². The predicted molar refractivity (Wildman–Crippen MR) is 117 cm³/mol. The highest BCUT2D eigenvalue weighted by Crippen LogP contribution is 2.40. The maximum absolute atomic E-state index is 9.49. The number of hydrogen-bond acceptors (Lipinski definition) is 2. The molecule has 0 aliphatic carbocycles. The number of nitrogens with zero attached hydrogens (tertiary/aromatic N) is 2. The summed E-state index contributed by atoms with van der Waals surface area (Å²) < 4.78 is 2.18. The highest BCUT2D eigenvalue weighted by molar-refractivity contribution is 5.50. The summed E-state index contributed by atoms with van der Waals surface area (Å²) in [4.78, 5) is 4.64. The van der Waals surface area contributed by atoms with Crippen LogP contribution in [-0.4, -0.2) is 14.7 Å². The van der Waals surface area contributed by atoms with Crippen LogP contribution in [-0.2, 0) is 12.0 Å². The van der Waals surface area contributed by atoms with Gasteiger partial charge in [-0.05, 0) is 23.1 Å². The van der Waals surface area contributed by atoms with Gasteiger partial charge in [0.2, 0.25) is 0 Å². The van der Waals surface area contributed by atoms with Crippen molar-refractivity contribution in [2.24, 2.45) is 0 Å². The lowest BCUT2D eigenvalue weighted by molar-refractivity contribution is 0.391. The number of hydrogen-bond donors (Lipinski definition) is 1. The molecule has 0 radical (unpaired) electrons. The van der Waals surface area contributed by atoms with Crippen molar-refractivity contribution >= 4 is 0 Å². The summed E-state index contributed by atoms with van der Waals surface area (Å²) in [6, 6.07) is 31.5. The van der Waals surface area contributed by atoms with Crippen molar-refractivity contribution in [3.8, 4) is 0 Å². The van der Waals surface area contributed by atoms with Gasteiger partial charge in [-0.15, -0.1) is 0 Å². The monoisotopic (exact) mass is 380 g/mol. The highest BCUT2D eigenvalue weighted by Gasteiger charge is 2.38. The van der Waals surface area contributed by atoms with Crippen LogP contribution in [0.2, 0.25) is 0 Å². The average molecular weight is 380 g/mol. The second-order valence-corrected chi connectivity index (χ2v) is 7.15. The normalized spacial score (nSPS) is 11.3. The number of aryl methyl sites for hydroxylation is 1. The van der Waals surface area contributed by atoms with E-state index in [1.54, 1.807) is 0 Å². The number of rotatable bonds is 7. The molecular weight excluding hydrogens is 356 g/mol. The van der Waals surface area contributed by atoms with E-state index in [0.717, 1.165) is 22.4 Å². The van der Waals surface area contributed by atoms with Gasteiger partial charge in [0.1, 0.15) is 5.54 Å². The van der Waals surface area contributed by atoms with Crippen LogP contribution in [0.5, 0.6) is 0 Å². The SMILES string of the molecule is C=C(O)CCc1cn(C(c2ccccc2)(c2ccccc2)c2ccccc2)cn1. The maximum Gasteiger partial charge on any atom is 0.121 e. The first-order valence-electron chi connectivity index (χ1n) is 9.78. The smallest absolute Gasteiger partial charge is 0.121 e. The summed E-state index contributed by atoms with van der Waals surface area (Å²) in [5.41, 5.74) is 3.85. The minimum atomic E-state index is -0.550. The summed E-state index contributed by atoms with van der Waals surface area (Å²) in [5.74, 6) is 0.181. The van der Waals surface area contributed by atoms with Gasteiger partial charge < -0.3 is 9.67 Å². The summed E-state index contributed by atoms with van der Waals surface area (Å²) in [6.45, 7) is 3.59. The lowest BCUT2D eigenvalue weighted by Crippen LogP contribution is -2.36. The highest BCUT2D eigenvalue weighted by atomic mass is 16.3. The maximum atomic E-state index is 9.49. The third-order valence-electron chi connectivity index (χ3n) is 5.27. The Bertz CT molecular complexity index is 973. The van der Waals surface area contributed by atoms with Crippen molar-refractivity contribution in [1.82, 2.24) is 9.55 Å². The first-order chi connectivity index (χ1) is 14.2. The summed E-state index contributed by atoms with van der Waals surface area (Å²) in [6.07, 6.45) is 5.13. The zero-order valence-electron chi connectivity index (χ0n) is 16.3. The van der Waals surface area contributed by atoms with Crippen LogP contribution in [0.25, 0.3) is 0 Å². The molecule has 0 aliphatic heterocycles. The number of imidazole rings is 1. The Morgan fingerprint density at radius 3 is 1.66 bits per heavy atom. The van der Waals surface area contributed by atoms with Crippen molar-refractivity contribution in [2.75, 3.05) is 0 Å². The van der Waals surface area contributed by atoms with E-state index in [0.29, 0.717) is 12.8 Å². The average Bonchev–Trinajstić information content (AvgIpc) is 3.24. The Morgan fingerprint density at radius 1 is 0.793 bits per heavy atom. The number of aliphatic hydroxyl groups excluding tert-OH is 1. The van der Waals surface area contributed by atoms with Gasteiger partial charge in [0.05, 0.1) is 17.8 Å². The van der Waals surface area contributed by atoms with Crippen molar-refractivity contribution in [3.05, 3.63) is 138 Å². The molecular formula is C26H24N2O. The van der Waals surface area contributed by atoms with Crippen LogP contribution in [0.3, 0.4) is 0 Å². The van der Waals surface area contributed by atoms with Crippen LogP contribution >= 0.6 is 0 Å². The van der Waals surface area contributed by atoms with Gasteiger partial charge in [0, 0.05) is 12.6 Å². The number of aliphatic hydroxyl groups is 1. The molecule has 0 aliphatic rings. The molecule has 3 heteroatoms. The van der Waals surface area contributed by atoms with Gasteiger partial charge in [0.15, 0.2) is 0 Å². The topological polar surface area (TPSA) is 38.0 Å². The molecule has 0 atom stereocenters. The molecule has 0 bridgehead atoms. The second kappa shape index (κ2) is 8.19. The third kappa shape index (κ3) is 3.59. The minimum Gasteiger partial charge on any atom is -0.513 e. The van der Waals surface area contributed by atoms with E-state index >= 15 is 0 Å². The molecule has 0 fully saturated rings. The van der Waals surface area contributed by atoms with E-state index in [1.807, 2.05) is 24.5 Å². The molecule has 144 valence electrons. The fraction of sp³-hybridized carbons (Fsp3) is 0.115. The van der Waals surface area contributed by atoms with Crippen molar-refractivity contribution in [1.29, 1.82) is 0 Å². The van der Waals surface area contributed by atoms with Crippen LogP contribution < -0.4 is 0 Å². The number of allylic oxidation sites excluding steroid dienone is 1. The molecule has 1 heterocycles. The lowest BCUT2D eigenvalue weighted by atomic mass is 9.77. The van der Waals surface area contributed by atoms with Gasteiger partial charge in [0.25, 0.3) is 0 Å². The largest absolute Gasteiger partial charge is 0.513 e. The fourth-order valence-corrected chi connectivity index (χ4v) is 3.93. The first-order valence-corrected chi connectivity index (χ1v) is 9.78. The number of aromatic nitrogens is 2. The summed E-state index contributed by atoms with van der Waals surface area (Å²) >= 11 is 0. The van der Waals surface area contributed by atoms with Crippen molar-refractivity contribution < 1.29 is 5.11 Å². The van der Waals surface area contributed by atoms with Crippen LogP contribution in [0.15, 0.2) is 116 Å². The molecule has 1 N–H and O–H groups in total. The molecule has 0 saturated carbocycles. The van der Waals surface area contributed by atoms with Crippen molar-refractivity contribution in [3.63, 3.8) is 0 Å². The summed E-state index contributed by atoms with van der Waals surface area (Å²) in [7, 11) is 0. The quantitative estimate of drug-likeness (QED) is 0.328. The Labute approximate surface area is 171 Å². The summed E-state index contributed by atoms with van der Waals surface area (Å²) in [5, 5.41) is 9.49. The van der Waals surface area contributed by atoms with E-state index in [-0.39, 0.29) is 5.76 Å². The fourth-order valence-electron chi connectivity index (χ4n) is 3.93. The molecule has 4 rings (SSSR count). The molecule has 3 aromatic carbocycles. The Morgan fingerprint density at radius 2 is 1.24 bits per heavy atom. The molecule has 4 aromatic rings. The lowest BCUT2D eigenvalue weighted by Gasteiger charge is -2.37. The van der Waals surface area contributed by atoms with E-state index < -0.39 is 5.54 Å². The zero-order valence-corrected chi connectivity index (χ0v) is 16.3. The van der Waals surface area contributed by atoms with Gasteiger partial charge >= 0.3 is 0 Å². The minimum absolute atomic E-state index is 0.181. The van der Waals surface area contributed by atoms with E-state index in [2.05, 4.69) is 95.1 Å². The molecule has 0 spiro atoms. The second-order valence-electron chi connectivity index (χ2n) is 7.15.